The summed E-state index contributed by atoms with van der Waals surface area (Å²) in [5.74, 6) is -0.834. The van der Waals surface area contributed by atoms with Crippen LogP contribution in [0.3, 0.4) is 0 Å². The van der Waals surface area contributed by atoms with Crippen LogP contribution >= 0.6 is 19.8 Å². The van der Waals surface area contributed by atoms with Crippen LogP contribution < -0.4 is 5.32 Å². The van der Waals surface area contributed by atoms with Crippen molar-refractivity contribution in [2.75, 3.05) is 13.2 Å². The summed E-state index contributed by atoms with van der Waals surface area (Å²) in [4.78, 5) is 14.2. The fourth-order valence-electron chi connectivity index (χ4n) is 2.84. The van der Waals surface area contributed by atoms with Gasteiger partial charge in [0.2, 0.25) is 0 Å². The zero-order chi connectivity index (χ0) is 20.2. The molecule has 1 amide bonds. The van der Waals surface area contributed by atoms with Crippen molar-refractivity contribution < 1.29 is 23.1 Å². The zero-order valence-electron chi connectivity index (χ0n) is 16.3. The van der Waals surface area contributed by atoms with Crippen molar-refractivity contribution in [3.05, 3.63) is 35.9 Å². The van der Waals surface area contributed by atoms with Crippen molar-refractivity contribution in [1.82, 2.24) is 10.2 Å². The molecular weight excluding hydrogens is 387 g/mol. The first-order valence-corrected chi connectivity index (χ1v) is 10.9. The number of carbonyl (C=O) groups excluding carboxylic acids is 1. The summed E-state index contributed by atoms with van der Waals surface area (Å²) in [7, 11) is -3.60. The molecule has 2 atom stereocenters. The molecule has 1 N–H and O–H groups in total. The Morgan fingerprint density at radius 3 is 2.22 bits per heavy atom. The summed E-state index contributed by atoms with van der Waals surface area (Å²) in [5, 5.41) is 3.10. The molecule has 1 aromatic carbocycles. The number of benzene rings is 1. The van der Waals surface area contributed by atoms with Crippen LogP contribution in [0, 0.1) is 0 Å². The second-order valence-electron chi connectivity index (χ2n) is 6.98. The molecule has 1 fully saturated rings. The lowest BCUT2D eigenvalue weighted by molar-refractivity contribution is 0.0330. The zero-order valence-corrected chi connectivity index (χ0v) is 18.0. The van der Waals surface area contributed by atoms with Gasteiger partial charge in [0.05, 0.1) is 19.3 Å². The van der Waals surface area contributed by atoms with Gasteiger partial charge in [-0.1, -0.05) is 30.3 Å². The second-order valence-corrected chi connectivity index (χ2v) is 9.51. The Kier molecular flexibility index (Phi) is 7.03. The maximum Gasteiger partial charge on any atom is 0.417 e. The molecule has 7 nitrogen and oxygen atoms in total. The largest absolute Gasteiger partial charge is 0.443 e. The van der Waals surface area contributed by atoms with Crippen LogP contribution in [0.5, 0.6) is 0 Å². The second kappa shape index (κ2) is 8.69. The molecule has 1 saturated heterocycles. The number of thiocarbonyl (C=S) groups is 1. The summed E-state index contributed by atoms with van der Waals surface area (Å²) in [6, 6.07) is 8.54. The van der Waals surface area contributed by atoms with E-state index in [-0.39, 0.29) is 18.3 Å². The van der Waals surface area contributed by atoms with Gasteiger partial charge >= 0.3 is 13.7 Å². The SMILES string of the molecule is CCOP(=O)(OCC)[C@@H]1NC(=S)N(C(=O)OC(C)(C)C)[C@@H]1c1ccccc1. The molecule has 0 aliphatic carbocycles. The Hall–Kier alpha value is -1.47. The highest BCUT2D eigenvalue weighted by Crippen LogP contribution is 2.58. The van der Waals surface area contributed by atoms with Crippen LogP contribution in [0.2, 0.25) is 0 Å². The Morgan fingerprint density at radius 2 is 1.74 bits per heavy atom. The first kappa shape index (κ1) is 21.8. The van der Waals surface area contributed by atoms with Crippen molar-refractivity contribution in [3.63, 3.8) is 0 Å². The molecule has 9 heteroatoms. The normalized spacial score (nSPS) is 20.5. The Bertz CT molecular complexity index is 712. The van der Waals surface area contributed by atoms with E-state index in [1.54, 1.807) is 34.6 Å². The molecule has 0 spiro atoms. The standard InChI is InChI=1S/C18H27N2O5PS/c1-6-23-26(22,24-7-2)15-14(13-11-9-8-10-12-13)20(16(27)19-15)17(21)25-18(3,4)5/h8-12,14-15H,6-7H2,1-5H3,(H,19,27)/t14-,15+/m1/s1. The van der Waals surface area contributed by atoms with Gasteiger partial charge in [-0.2, -0.15) is 0 Å². The van der Waals surface area contributed by atoms with E-state index in [1.807, 2.05) is 30.3 Å². The molecule has 0 radical (unpaired) electrons. The van der Waals surface area contributed by atoms with Crippen LogP contribution in [-0.2, 0) is 18.3 Å². The molecule has 2 rings (SSSR count). The summed E-state index contributed by atoms with van der Waals surface area (Å²) < 4.78 is 30.0. The first-order valence-electron chi connectivity index (χ1n) is 8.89. The van der Waals surface area contributed by atoms with Crippen LogP contribution in [0.4, 0.5) is 4.79 Å². The fraction of sp³-hybridized carbons (Fsp3) is 0.556. The molecule has 1 aliphatic rings. The highest BCUT2D eigenvalue weighted by Gasteiger charge is 2.53. The minimum Gasteiger partial charge on any atom is -0.443 e. The third-order valence-corrected chi connectivity index (χ3v) is 6.40. The minimum absolute atomic E-state index is 0.128. The van der Waals surface area contributed by atoms with Gasteiger partial charge in [-0.15, -0.1) is 0 Å². The average molecular weight is 414 g/mol. The molecule has 0 bridgehead atoms. The number of rotatable bonds is 6. The summed E-state index contributed by atoms with van der Waals surface area (Å²) in [6.07, 6.45) is -0.615. The lowest BCUT2D eigenvalue weighted by Gasteiger charge is -2.31. The summed E-state index contributed by atoms with van der Waals surface area (Å²) in [5.41, 5.74) is 0.0515. The molecule has 1 aromatic rings. The van der Waals surface area contributed by atoms with E-state index in [1.165, 1.54) is 4.90 Å². The lowest BCUT2D eigenvalue weighted by atomic mass is 10.1. The van der Waals surface area contributed by atoms with E-state index in [2.05, 4.69) is 5.32 Å². The lowest BCUT2D eigenvalue weighted by Crippen LogP contribution is -2.40. The van der Waals surface area contributed by atoms with E-state index in [9.17, 15) is 9.36 Å². The quantitative estimate of drug-likeness (QED) is 0.544. The van der Waals surface area contributed by atoms with Crippen molar-refractivity contribution in [1.29, 1.82) is 0 Å². The number of hydrogen-bond acceptors (Lipinski definition) is 6. The van der Waals surface area contributed by atoms with Gasteiger partial charge in [0.15, 0.2) is 10.9 Å². The monoisotopic (exact) mass is 414 g/mol. The van der Waals surface area contributed by atoms with Gasteiger partial charge in [-0.05, 0) is 52.4 Å². The predicted molar refractivity (Wildman–Crippen MR) is 108 cm³/mol. The number of ether oxygens (including phenoxy) is 1. The predicted octanol–water partition coefficient (Wildman–Crippen LogP) is 4.45. The van der Waals surface area contributed by atoms with Gasteiger partial charge in [0.1, 0.15) is 5.60 Å². The highest BCUT2D eigenvalue weighted by molar-refractivity contribution is 7.80. The molecule has 0 aromatic heterocycles. The van der Waals surface area contributed by atoms with Crippen LogP contribution in [0.15, 0.2) is 30.3 Å². The van der Waals surface area contributed by atoms with Crippen molar-refractivity contribution in [3.8, 4) is 0 Å². The van der Waals surface area contributed by atoms with Crippen molar-refractivity contribution in [2.24, 2.45) is 0 Å². The molecule has 150 valence electrons. The van der Waals surface area contributed by atoms with E-state index in [4.69, 9.17) is 26.0 Å². The maximum atomic E-state index is 13.5. The molecule has 0 saturated carbocycles. The van der Waals surface area contributed by atoms with Crippen molar-refractivity contribution >= 4 is 31.0 Å². The van der Waals surface area contributed by atoms with Crippen LogP contribution in [0.25, 0.3) is 0 Å². The maximum absolute atomic E-state index is 13.5. The minimum atomic E-state index is -3.60. The molecular formula is C18H27N2O5PS. The van der Waals surface area contributed by atoms with E-state index >= 15 is 0 Å². The van der Waals surface area contributed by atoms with Crippen LogP contribution in [-0.4, -0.2) is 40.7 Å². The van der Waals surface area contributed by atoms with Gasteiger partial charge in [0, 0.05) is 0 Å². The average Bonchev–Trinajstić information content (AvgIpc) is 2.93. The van der Waals surface area contributed by atoms with Crippen molar-refractivity contribution in [2.45, 2.75) is 52.0 Å². The third-order valence-electron chi connectivity index (χ3n) is 3.76. The number of nitrogens with zero attached hydrogens (tertiary/aromatic N) is 1. The number of nitrogens with one attached hydrogen (secondary N) is 1. The molecule has 27 heavy (non-hydrogen) atoms. The number of carbonyl (C=O) groups is 1. The van der Waals surface area contributed by atoms with E-state index < -0.39 is 31.1 Å². The van der Waals surface area contributed by atoms with E-state index in [0.717, 1.165) is 5.56 Å². The highest BCUT2D eigenvalue weighted by atomic mass is 32.1. The van der Waals surface area contributed by atoms with Gasteiger partial charge in [-0.25, -0.2) is 9.69 Å². The summed E-state index contributed by atoms with van der Waals surface area (Å²) in [6.45, 7) is 9.21. The Morgan fingerprint density at radius 1 is 1.19 bits per heavy atom. The van der Waals surface area contributed by atoms with Gasteiger partial charge in [-0.3, -0.25) is 4.57 Å². The van der Waals surface area contributed by atoms with Gasteiger partial charge in [0.25, 0.3) is 0 Å². The van der Waals surface area contributed by atoms with E-state index in [0.29, 0.717) is 0 Å². The number of amides is 1. The third kappa shape index (κ3) is 5.08. The number of hydrogen-bond donors (Lipinski definition) is 1. The van der Waals surface area contributed by atoms with Crippen LogP contribution in [0.1, 0.15) is 46.2 Å². The summed E-state index contributed by atoms with van der Waals surface area (Å²) >= 11 is 5.38. The smallest absolute Gasteiger partial charge is 0.417 e. The van der Waals surface area contributed by atoms with Gasteiger partial charge < -0.3 is 19.1 Å². The molecule has 1 aliphatic heterocycles. The topological polar surface area (TPSA) is 77.1 Å². The molecule has 0 unspecified atom stereocenters. The Labute approximate surface area is 165 Å². The first-order chi connectivity index (χ1) is 12.6. The molecule has 1 heterocycles. The Balaban J connectivity index is 2.50. The fourth-order valence-corrected chi connectivity index (χ4v) is 5.29.